The summed E-state index contributed by atoms with van der Waals surface area (Å²) in [5, 5.41) is 7.72. The lowest BCUT2D eigenvalue weighted by atomic mass is 10.2. The fraction of sp³-hybridized carbons (Fsp3) is 0.125. The van der Waals surface area contributed by atoms with Crippen LogP contribution in [0.2, 0.25) is 0 Å². The van der Waals surface area contributed by atoms with Crippen molar-refractivity contribution in [3.05, 3.63) is 54.0 Å². The van der Waals surface area contributed by atoms with Crippen LogP contribution in [0.3, 0.4) is 0 Å². The molecule has 0 aliphatic carbocycles. The van der Waals surface area contributed by atoms with Gasteiger partial charge in [-0.1, -0.05) is 12.1 Å². The number of carbonyl (C=O) groups excluding carboxylic acids is 2. The molecule has 3 amide bonds. The number of hydrogen-bond donors (Lipinski definition) is 3. The smallest absolute Gasteiger partial charge is 0.322 e. The van der Waals surface area contributed by atoms with Crippen LogP contribution >= 0.6 is 0 Å². The molecule has 2 aromatic heterocycles. The Labute approximate surface area is 138 Å². The summed E-state index contributed by atoms with van der Waals surface area (Å²) in [4.78, 5) is 31.6. The maximum absolute atomic E-state index is 11.7. The molecule has 3 N–H and O–H groups in total. The number of carbonyl (C=O) groups is 2. The molecule has 0 bridgehead atoms. The number of nitrogens with zero attached hydrogens (tertiary/aromatic N) is 2. The maximum atomic E-state index is 11.7. The zero-order valence-electron chi connectivity index (χ0n) is 12.8. The molecule has 1 aliphatic rings. The van der Waals surface area contributed by atoms with E-state index in [0.717, 1.165) is 0 Å². The maximum Gasteiger partial charge on any atom is 0.322 e. The third-order valence-electron chi connectivity index (χ3n) is 3.28. The average molecular weight is 325 g/mol. The van der Waals surface area contributed by atoms with Crippen LogP contribution < -0.4 is 16.0 Å². The van der Waals surface area contributed by atoms with Gasteiger partial charge < -0.3 is 15.4 Å². The molecule has 1 aliphatic heterocycles. The summed E-state index contributed by atoms with van der Waals surface area (Å²) in [7, 11) is 1.43. The summed E-state index contributed by atoms with van der Waals surface area (Å²) in [5.41, 5.74) is 0.571. The second-order valence-corrected chi connectivity index (χ2v) is 4.93. The number of aromatic nitrogens is 2. The number of hydrogen-bond acceptors (Lipinski definition) is 6. The van der Waals surface area contributed by atoms with Gasteiger partial charge >= 0.3 is 6.03 Å². The number of urea groups is 1. The van der Waals surface area contributed by atoms with E-state index in [9.17, 15) is 9.59 Å². The molecule has 3 rings (SSSR count). The number of rotatable bonds is 5. The van der Waals surface area contributed by atoms with Gasteiger partial charge in [0.05, 0.1) is 12.8 Å². The minimum atomic E-state index is -0.864. The van der Waals surface area contributed by atoms with Crippen LogP contribution in [0.1, 0.15) is 5.69 Å². The molecule has 3 heterocycles. The van der Waals surface area contributed by atoms with Crippen molar-refractivity contribution < 1.29 is 14.3 Å². The van der Waals surface area contributed by atoms with E-state index in [-0.39, 0.29) is 0 Å². The molecule has 0 aromatic carbocycles. The van der Waals surface area contributed by atoms with E-state index in [1.807, 2.05) is 24.3 Å². The predicted molar refractivity (Wildman–Crippen MR) is 87.2 cm³/mol. The monoisotopic (exact) mass is 325 g/mol. The van der Waals surface area contributed by atoms with E-state index >= 15 is 0 Å². The van der Waals surface area contributed by atoms with Crippen molar-refractivity contribution in [2.45, 2.75) is 6.04 Å². The summed E-state index contributed by atoms with van der Waals surface area (Å²) in [6.07, 6.45) is 3.27. The number of pyridine rings is 2. The molecule has 1 saturated heterocycles. The van der Waals surface area contributed by atoms with Crippen molar-refractivity contribution in [1.82, 2.24) is 20.6 Å². The molecule has 0 radical (unpaired) electrons. The fourth-order valence-electron chi connectivity index (χ4n) is 2.19. The Morgan fingerprint density at radius 3 is 2.71 bits per heavy atom. The third kappa shape index (κ3) is 3.49. The van der Waals surface area contributed by atoms with E-state index in [4.69, 9.17) is 4.74 Å². The van der Waals surface area contributed by atoms with Crippen molar-refractivity contribution in [2.75, 3.05) is 12.4 Å². The average Bonchev–Trinajstić information content (AvgIpc) is 2.92. The first-order valence-electron chi connectivity index (χ1n) is 7.18. The van der Waals surface area contributed by atoms with Gasteiger partial charge in [0.1, 0.15) is 17.4 Å². The standard InChI is InChI=1S/C16H15N5O3/c1-24-11(14-15(22)21-16(23)20-14)9-10-5-4-7-13(18-10)19-12-6-2-3-8-17-12/h2-9,14H,1H3,(H,17,18,19)(H2,20,21,22,23)/b11-9-. The lowest BCUT2D eigenvalue weighted by Crippen LogP contribution is -2.31. The molecule has 1 fully saturated rings. The van der Waals surface area contributed by atoms with Crippen LogP contribution in [-0.2, 0) is 9.53 Å². The first kappa shape index (κ1) is 15.5. The highest BCUT2D eigenvalue weighted by atomic mass is 16.5. The van der Waals surface area contributed by atoms with E-state index in [2.05, 4.69) is 25.9 Å². The lowest BCUT2D eigenvalue weighted by molar-refractivity contribution is -0.120. The Bertz CT molecular complexity index is 791. The Balaban J connectivity index is 1.82. The highest BCUT2D eigenvalue weighted by molar-refractivity contribution is 6.06. The minimum Gasteiger partial charge on any atom is -0.498 e. The Morgan fingerprint density at radius 1 is 1.21 bits per heavy atom. The van der Waals surface area contributed by atoms with Crippen LogP contribution in [0.5, 0.6) is 0 Å². The van der Waals surface area contributed by atoms with Crippen molar-refractivity contribution >= 4 is 29.7 Å². The van der Waals surface area contributed by atoms with Gasteiger partial charge in [0.15, 0.2) is 6.04 Å². The van der Waals surface area contributed by atoms with Gasteiger partial charge in [0.2, 0.25) is 0 Å². The molecule has 1 unspecified atom stereocenters. The fourth-order valence-corrected chi connectivity index (χ4v) is 2.19. The van der Waals surface area contributed by atoms with Crippen LogP contribution in [0.15, 0.2) is 48.4 Å². The molecular weight excluding hydrogens is 310 g/mol. The molecule has 122 valence electrons. The third-order valence-corrected chi connectivity index (χ3v) is 3.28. The van der Waals surface area contributed by atoms with Crippen LogP contribution in [0, 0.1) is 0 Å². The minimum absolute atomic E-state index is 0.292. The van der Waals surface area contributed by atoms with Gasteiger partial charge in [-0.3, -0.25) is 10.1 Å². The largest absolute Gasteiger partial charge is 0.498 e. The van der Waals surface area contributed by atoms with Crippen molar-refractivity contribution in [1.29, 1.82) is 0 Å². The van der Waals surface area contributed by atoms with E-state index < -0.39 is 18.0 Å². The quantitative estimate of drug-likeness (QED) is 0.567. The van der Waals surface area contributed by atoms with Gasteiger partial charge in [0, 0.05) is 12.3 Å². The molecule has 2 aromatic rings. The normalized spacial score (nSPS) is 17.2. The summed E-state index contributed by atoms with van der Waals surface area (Å²) in [6.45, 7) is 0. The summed E-state index contributed by atoms with van der Waals surface area (Å²) in [5.74, 6) is 1.09. The van der Waals surface area contributed by atoms with Crippen molar-refractivity contribution in [2.24, 2.45) is 0 Å². The van der Waals surface area contributed by atoms with Crippen LogP contribution in [-0.4, -0.2) is 35.1 Å². The van der Waals surface area contributed by atoms with E-state index in [1.165, 1.54) is 7.11 Å². The summed E-state index contributed by atoms with van der Waals surface area (Å²) >= 11 is 0. The SMILES string of the molecule is CO/C(=C\c1cccc(Nc2ccccn2)n1)C1NC(=O)NC1=O. The highest BCUT2D eigenvalue weighted by Gasteiger charge is 2.33. The van der Waals surface area contributed by atoms with Crippen molar-refractivity contribution in [3.8, 4) is 0 Å². The molecule has 8 nitrogen and oxygen atoms in total. The molecule has 1 atom stereocenters. The Hall–Kier alpha value is -3.42. The second-order valence-electron chi connectivity index (χ2n) is 4.93. The van der Waals surface area contributed by atoms with E-state index in [1.54, 1.807) is 24.4 Å². The number of amides is 3. The van der Waals surface area contributed by atoms with Crippen LogP contribution in [0.25, 0.3) is 6.08 Å². The number of anilines is 2. The summed E-state index contributed by atoms with van der Waals surface area (Å²) < 4.78 is 5.23. The van der Waals surface area contributed by atoms with Gasteiger partial charge in [-0.05, 0) is 24.3 Å². The zero-order chi connectivity index (χ0) is 16.9. The summed E-state index contributed by atoms with van der Waals surface area (Å²) in [6, 6.07) is 9.46. The van der Waals surface area contributed by atoms with Crippen molar-refractivity contribution in [3.63, 3.8) is 0 Å². The van der Waals surface area contributed by atoms with Crippen LogP contribution in [0.4, 0.5) is 16.4 Å². The number of ether oxygens (including phenoxy) is 1. The Morgan fingerprint density at radius 2 is 2.04 bits per heavy atom. The van der Waals surface area contributed by atoms with Gasteiger partial charge in [-0.15, -0.1) is 0 Å². The molecule has 0 spiro atoms. The number of methoxy groups -OCH3 is 1. The lowest BCUT2D eigenvalue weighted by Gasteiger charge is -2.11. The molecule has 8 heteroatoms. The van der Waals surface area contributed by atoms with E-state index in [0.29, 0.717) is 23.1 Å². The Kier molecular flexibility index (Phi) is 4.37. The highest BCUT2D eigenvalue weighted by Crippen LogP contribution is 2.16. The van der Waals surface area contributed by atoms with Gasteiger partial charge in [-0.25, -0.2) is 14.8 Å². The molecule has 24 heavy (non-hydrogen) atoms. The first-order chi connectivity index (χ1) is 11.7. The van der Waals surface area contributed by atoms with Gasteiger partial charge in [-0.2, -0.15) is 0 Å². The van der Waals surface area contributed by atoms with Gasteiger partial charge in [0.25, 0.3) is 5.91 Å². The second kappa shape index (κ2) is 6.78. The number of nitrogens with one attached hydrogen (secondary N) is 3. The first-order valence-corrected chi connectivity index (χ1v) is 7.18. The predicted octanol–water partition coefficient (Wildman–Crippen LogP) is 1.42. The molecule has 0 saturated carbocycles. The number of imide groups is 1. The zero-order valence-corrected chi connectivity index (χ0v) is 12.8. The molecular formula is C16H15N5O3. The topological polar surface area (TPSA) is 105 Å².